The first-order valence-electron chi connectivity index (χ1n) is 5.46. The highest BCUT2D eigenvalue weighted by molar-refractivity contribution is 4.74. The van der Waals surface area contributed by atoms with Crippen molar-refractivity contribution in [2.75, 3.05) is 19.7 Å². The van der Waals surface area contributed by atoms with Crippen molar-refractivity contribution in [1.82, 2.24) is 5.32 Å². The third kappa shape index (κ3) is 4.10. The molecule has 0 amide bonds. The van der Waals surface area contributed by atoms with Gasteiger partial charge in [-0.1, -0.05) is 20.8 Å². The summed E-state index contributed by atoms with van der Waals surface area (Å²) in [5, 5.41) is 3.37. The van der Waals surface area contributed by atoms with Gasteiger partial charge in [-0.05, 0) is 25.8 Å². The van der Waals surface area contributed by atoms with Gasteiger partial charge in [-0.25, -0.2) is 0 Å². The molecule has 2 heteroatoms. The summed E-state index contributed by atoms with van der Waals surface area (Å²) in [6.45, 7) is 9.65. The third-order valence-corrected chi connectivity index (χ3v) is 2.62. The van der Waals surface area contributed by atoms with E-state index in [-0.39, 0.29) is 5.41 Å². The van der Waals surface area contributed by atoms with E-state index in [2.05, 4.69) is 26.1 Å². The Balaban J connectivity index is 2.08. The minimum absolute atomic E-state index is 0.283. The van der Waals surface area contributed by atoms with E-state index in [0.717, 1.165) is 19.7 Å². The van der Waals surface area contributed by atoms with Crippen molar-refractivity contribution in [1.29, 1.82) is 0 Å². The Morgan fingerprint density at radius 2 is 2.08 bits per heavy atom. The van der Waals surface area contributed by atoms with E-state index in [9.17, 15) is 0 Å². The molecule has 1 N–H and O–H groups in total. The molecule has 0 bridgehead atoms. The number of rotatable bonds is 6. The van der Waals surface area contributed by atoms with Crippen molar-refractivity contribution < 1.29 is 4.74 Å². The monoisotopic (exact) mass is 185 g/mol. The lowest BCUT2D eigenvalue weighted by Crippen LogP contribution is -2.35. The van der Waals surface area contributed by atoms with Crippen molar-refractivity contribution in [3.63, 3.8) is 0 Å². The molecule has 78 valence electrons. The van der Waals surface area contributed by atoms with Gasteiger partial charge in [0, 0.05) is 12.0 Å². The zero-order valence-electron chi connectivity index (χ0n) is 9.23. The van der Waals surface area contributed by atoms with Crippen molar-refractivity contribution >= 4 is 0 Å². The van der Waals surface area contributed by atoms with Gasteiger partial charge in [-0.3, -0.25) is 0 Å². The molecule has 0 atom stereocenters. The molecule has 0 aromatic heterocycles. The summed E-state index contributed by atoms with van der Waals surface area (Å²) in [5.41, 5.74) is 0.283. The van der Waals surface area contributed by atoms with Gasteiger partial charge in [-0.2, -0.15) is 0 Å². The van der Waals surface area contributed by atoms with Gasteiger partial charge in [-0.15, -0.1) is 0 Å². The Morgan fingerprint density at radius 1 is 1.38 bits per heavy atom. The van der Waals surface area contributed by atoms with Gasteiger partial charge in [0.05, 0.1) is 12.7 Å². The highest BCUT2D eigenvalue weighted by atomic mass is 16.5. The molecule has 13 heavy (non-hydrogen) atoms. The second-order valence-corrected chi connectivity index (χ2v) is 4.81. The largest absolute Gasteiger partial charge is 0.378 e. The van der Waals surface area contributed by atoms with Gasteiger partial charge in [0.25, 0.3) is 0 Å². The quantitative estimate of drug-likeness (QED) is 0.685. The first-order chi connectivity index (χ1) is 6.14. The SMILES string of the molecule is CCNCC(C)(C)COC1CCC1. The Labute approximate surface area is 82.0 Å². The van der Waals surface area contributed by atoms with Crippen LogP contribution < -0.4 is 5.32 Å². The molecular formula is C11H23NO. The summed E-state index contributed by atoms with van der Waals surface area (Å²) in [5.74, 6) is 0. The summed E-state index contributed by atoms with van der Waals surface area (Å²) in [6.07, 6.45) is 4.48. The number of nitrogens with one attached hydrogen (secondary N) is 1. The first kappa shape index (κ1) is 11.0. The van der Waals surface area contributed by atoms with Crippen LogP contribution in [-0.2, 0) is 4.74 Å². The summed E-state index contributed by atoms with van der Waals surface area (Å²) in [4.78, 5) is 0. The average molecular weight is 185 g/mol. The molecule has 0 aliphatic heterocycles. The predicted octanol–water partition coefficient (Wildman–Crippen LogP) is 2.19. The third-order valence-electron chi connectivity index (χ3n) is 2.62. The molecule has 0 unspecified atom stereocenters. The highest BCUT2D eigenvalue weighted by Crippen LogP contribution is 2.24. The van der Waals surface area contributed by atoms with E-state index in [1.165, 1.54) is 19.3 Å². The zero-order valence-corrected chi connectivity index (χ0v) is 9.23. The lowest BCUT2D eigenvalue weighted by molar-refractivity contribution is -0.0350. The summed E-state index contributed by atoms with van der Waals surface area (Å²) in [6, 6.07) is 0. The molecule has 1 saturated carbocycles. The Kier molecular flexibility index (Phi) is 4.20. The van der Waals surface area contributed by atoms with Crippen molar-refractivity contribution in [3.8, 4) is 0 Å². The Bertz CT molecular complexity index is 141. The molecule has 0 aromatic carbocycles. The molecule has 0 heterocycles. The lowest BCUT2D eigenvalue weighted by atomic mass is 9.92. The topological polar surface area (TPSA) is 21.3 Å². The van der Waals surface area contributed by atoms with Crippen molar-refractivity contribution in [2.45, 2.75) is 46.1 Å². The van der Waals surface area contributed by atoms with E-state index in [4.69, 9.17) is 4.74 Å². The minimum Gasteiger partial charge on any atom is -0.378 e. The standard InChI is InChI=1S/C11H23NO/c1-4-12-8-11(2,3)9-13-10-6-5-7-10/h10,12H,4-9H2,1-3H3. The van der Waals surface area contributed by atoms with Crippen LogP contribution in [0.2, 0.25) is 0 Å². The highest BCUT2D eigenvalue weighted by Gasteiger charge is 2.23. The van der Waals surface area contributed by atoms with Gasteiger partial charge in [0.1, 0.15) is 0 Å². The average Bonchev–Trinajstić information content (AvgIpc) is 1.98. The number of hydrogen-bond acceptors (Lipinski definition) is 2. The van der Waals surface area contributed by atoms with E-state index in [0.29, 0.717) is 6.10 Å². The maximum absolute atomic E-state index is 5.80. The molecular weight excluding hydrogens is 162 g/mol. The lowest BCUT2D eigenvalue weighted by Gasteiger charge is -2.31. The zero-order chi connectivity index (χ0) is 9.73. The second-order valence-electron chi connectivity index (χ2n) is 4.81. The molecule has 2 nitrogen and oxygen atoms in total. The second kappa shape index (κ2) is 4.97. The molecule has 1 aliphatic carbocycles. The molecule has 0 aromatic rings. The molecule has 0 spiro atoms. The van der Waals surface area contributed by atoms with Crippen LogP contribution in [0, 0.1) is 5.41 Å². The van der Waals surface area contributed by atoms with Crippen LogP contribution in [0.4, 0.5) is 0 Å². The van der Waals surface area contributed by atoms with Crippen LogP contribution in [-0.4, -0.2) is 25.8 Å². The predicted molar refractivity (Wildman–Crippen MR) is 55.9 cm³/mol. The summed E-state index contributed by atoms with van der Waals surface area (Å²) >= 11 is 0. The van der Waals surface area contributed by atoms with Gasteiger partial charge >= 0.3 is 0 Å². The summed E-state index contributed by atoms with van der Waals surface area (Å²) < 4.78 is 5.80. The van der Waals surface area contributed by atoms with Crippen molar-refractivity contribution in [3.05, 3.63) is 0 Å². The molecule has 1 aliphatic rings. The summed E-state index contributed by atoms with van der Waals surface area (Å²) in [7, 11) is 0. The van der Waals surface area contributed by atoms with Crippen LogP contribution in [0.25, 0.3) is 0 Å². The smallest absolute Gasteiger partial charge is 0.0575 e. The normalized spacial score (nSPS) is 18.7. The van der Waals surface area contributed by atoms with Gasteiger partial charge < -0.3 is 10.1 Å². The maximum Gasteiger partial charge on any atom is 0.0575 e. The van der Waals surface area contributed by atoms with Crippen LogP contribution >= 0.6 is 0 Å². The fraction of sp³-hybridized carbons (Fsp3) is 1.00. The molecule has 1 fully saturated rings. The van der Waals surface area contributed by atoms with Gasteiger partial charge in [0.2, 0.25) is 0 Å². The fourth-order valence-electron chi connectivity index (χ4n) is 1.40. The minimum atomic E-state index is 0.283. The Hall–Kier alpha value is -0.0800. The van der Waals surface area contributed by atoms with Crippen LogP contribution in [0.1, 0.15) is 40.0 Å². The maximum atomic E-state index is 5.80. The van der Waals surface area contributed by atoms with E-state index in [1.807, 2.05) is 0 Å². The van der Waals surface area contributed by atoms with E-state index in [1.54, 1.807) is 0 Å². The molecule has 1 rings (SSSR count). The number of ether oxygens (including phenoxy) is 1. The molecule has 0 radical (unpaired) electrons. The van der Waals surface area contributed by atoms with Crippen molar-refractivity contribution in [2.24, 2.45) is 5.41 Å². The van der Waals surface area contributed by atoms with Gasteiger partial charge in [0.15, 0.2) is 0 Å². The Morgan fingerprint density at radius 3 is 2.54 bits per heavy atom. The first-order valence-corrected chi connectivity index (χ1v) is 5.46. The molecule has 0 saturated heterocycles. The van der Waals surface area contributed by atoms with Crippen LogP contribution in [0.15, 0.2) is 0 Å². The van der Waals surface area contributed by atoms with Crippen LogP contribution in [0.5, 0.6) is 0 Å². The van der Waals surface area contributed by atoms with E-state index < -0.39 is 0 Å². The number of hydrogen-bond donors (Lipinski definition) is 1. The fourth-order valence-corrected chi connectivity index (χ4v) is 1.40. The van der Waals surface area contributed by atoms with E-state index >= 15 is 0 Å². The van der Waals surface area contributed by atoms with Crippen LogP contribution in [0.3, 0.4) is 0 Å².